The highest BCUT2D eigenvalue weighted by molar-refractivity contribution is 7.45. The average Bonchev–Trinajstić information content (AvgIpc) is 3.40. The van der Waals surface area contributed by atoms with Gasteiger partial charge in [0.1, 0.15) is 19.8 Å². The third kappa shape index (κ3) is 29.0. The van der Waals surface area contributed by atoms with Crippen LogP contribution in [0.15, 0.2) is 0 Å². The number of esters is 2. The monoisotopic (exact) mass is 860 g/mol. The Kier molecular flexibility index (Phi) is 30.9. The molecule has 0 aliphatic carbocycles. The maximum Gasteiger partial charge on any atom is 0.306 e. The summed E-state index contributed by atoms with van der Waals surface area (Å²) in [4.78, 5) is 38.1. The highest BCUT2D eigenvalue weighted by Crippen LogP contribution is 2.46. The number of likely N-dealkylation sites (N-methyl/N-ethyl adjacent to an activating group) is 1. The van der Waals surface area contributed by atoms with Gasteiger partial charge in [-0.3, -0.25) is 14.2 Å². The van der Waals surface area contributed by atoms with Crippen LogP contribution in [-0.2, 0) is 37.9 Å². The maximum absolute atomic E-state index is 13.5. The Morgan fingerprint density at radius 2 is 1.05 bits per heavy atom. The summed E-state index contributed by atoms with van der Waals surface area (Å²) in [6.45, 7) is 8.20. The molecule has 0 aromatic rings. The first-order valence-electron chi connectivity index (χ1n) is 24.3. The van der Waals surface area contributed by atoms with Crippen LogP contribution in [0.5, 0.6) is 0 Å². The van der Waals surface area contributed by atoms with Crippen LogP contribution < -0.4 is 4.89 Å². The minimum Gasteiger partial charge on any atom is -0.756 e. The smallest absolute Gasteiger partial charge is 0.306 e. The van der Waals surface area contributed by atoms with Gasteiger partial charge in [0.15, 0.2) is 6.10 Å². The van der Waals surface area contributed by atoms with Crippen LogP contribution in [0.2, 0.25) is 0 Å². The summed E-state index contributed by atoms with van der Waals surface area (Å²) < 4.78 is 34.2. The van der Waals surface area contributed by atoms with E-state index in [-0.39, 0.29) is 37.1 Å². The largest absolute Gasteiger partial charge is 0.756 e. The van der Waals surface area contributed by atoms with Gasteiger partial charge in [-0.2, -0.15) is 0 Å². The van der Waals surface area contributed by atoms with Crippen molar-refractivity contribution in [2.24, 2.45) is 0 Å². The van der Waals surface area contributed by atoms with Gasteiger partial charge in [0.2, 0.25) is 0 Å². The fourth-order valence-corrected chi connectivity index (χ4v) is 8.90. The molecule has 0 amide bonds. The number of hydrogen-bond donors (Lipinski definition) is 0. The number of rotatable bonds is 40. The third-order valence-electron chi connectivity index (χ3n) is 12.1. The van der Waals surface area contributed by atoms with Crippen LogP contribution in [0.3, 0.4) is 0 Å². The summed E-state index contributed by atoms with van der Waals surface area (Å²) >= 11 is 0. The van der Waals surface area contributed by atoms with Gasteiger partial charge in [-0.1, -0.05) is 162 Å². The number of quaternary nitrogens is 1. The minimum absolute atomic E-state index is 0.0479. The van der Waals surface area contributed by atoms with Gasteiger partial charge in [0.05, 0.1) is 33.3 Å². The van der Waals surface area contributed by atoms with Crippen molar-refractivity contribution in [3.63, 3.8) is 0 Å². The number of phosphoric acid groups is 1. The van der Waals surface area contributed by atoms with Gasteiger partial charge in [-0.25, -0.2) is 0 Å². The van der Waals surface area contributed by atoms with Crippen LogP contribution in [-0.4, -0.2) is 86.2 Å². The summed E-state index contributed by atoms with van der Waals surface area (Å²) in [6.07, 6.45) is 32.1. The summed E-state index contributed by atoms with van der Waals surface area (Å²) in [7, 11) is 1.11. The van der Waals surface area contributed by atoms with Crippen molar-refractivity contribution >= 4 is 19.8 Å². The Hall–Kier alpha value is -1.07. The van der Waals surface area contributed by atoms with E-state index in [1.165, 1.54) is 114 Å². The van der Waals surface area contributed by atoms with Crippen LogP contribution in [0, 0.1) is 0 Å². The van der Waals surface area contributed by atoms with E-state index in [1.54, 1.807) is 0 Å². The molecule has 0 N–H and O–H groups in total. The van der Waals surface area contributed by atoms with Crippen molar-refractivity contribution in [3.8, 4) is 0 Å². The molecule has 59 heavy (non-hydrogen) atoms. The molecule has 349 valence electrons. The van der Waals surface area contributed by atoms with Crippen molar-refractivity contribution < 1.29 is 47.3 Å². The molecule has 1 aliphatic rings. The molecule has 12 heteroatoms. The molecular weight excluding hydrogens is 767 g/mol. The van der Waals surface area contributed by atoms with Crippen LogP contribution in [0.1, 0.15) is 227 Å². The van der Waals surface area contributed by atoms with E-state index in [2.05, 4.69) is 27.7 Å². The standard InChI is InChI=1S/C47H92N2O9P/c1-8-10-12-14-16-17-18-19-20-21-22-23-24-26-29-34-45(51)58-43(42-57-59(53,54)56-40-39-49(5,6)7)41-55-44(50)33-30-28-32-36-47(38-37-46(3,4)48(47)52)35-31-27-25-15-13-11-9-2/h43H,8-42H2,1-7H3. The number of carbonyl (C=O) groups excluding carboxylic acids is 2. The van der Waals surface area contributed by atoms with E-state index in [0.717, 1.165) is 64.2 Å². The van der Waals surface area contributed by atoms with Gasteiger partial charge in [0, 0.05) is 18.4 Å². The van der Waals surface area contributed by atoms with Crippen molar-refractivity contribution in [1.29, 1.82) is 0 Å². The number of unbranched alkanes of at least 4 members (excludes halogenated alkanes) is 22. The first-order valence-corrected chi connectivity index (χ1v) is 25.7. The van der Waals surface area contributed by atoms with Gasteiger partial charge < -0.3 is 27.9 Å². The molecule has 0 saturated carbocycles. The number of carbonyl (C=O) groups is 2. The number of hydroxylamine groups is 2. The molecule has 11 nitrogen and oxygen atoms in total. The number of hydrogen-bond acceptors (Lipinski definition) is 9. The molecule has 1 saturated heterocycles. The zero-order chi connectivity index (χ0) is 43.9. The van der Waals surface area contributed by atoms with E-state index < -0.39 is 32.5 Å². The quantitative estimate of drug-likeness (QED) is 0.0255. The topological polar surface area (TPSA) is 134 Å². The lowest BCUT2D eigenvalue weighted by Crippen LogP contribution is -2.48. The number of phosphoric ester groups is 1. The zero-order valence-corrected chi connectivity index (χ0v) is 40.2. The van der Waals surface area contributed by atoms with E-state index in [4.69, 9.17) is 18.5 Å². The Balaban J connectivity index is 2.49. The van der Waals surface area contributed by atoms with Crippen LogP contribution in [0.4, 0.5) is 0 Å². The first-order chi connectivity index (χ1) is 28.1. The van der Waals surface area contributed by atoms with Gasteiger partial charge in [-0.15, -0.1) is 10.3 Å². The molecule has 3 unspecified atom stereocenters. The summed E-state index contributed by atoms with van der Waals surface area (Å²) in [5, 5.41) is 14.9. The Morgan fingerprint density at radius 3 is 1.49 bits per heavy atom. The normalized spacial score (nSPS) is 18.5. The molecule has 0 aromatic heterocycles. The molecule has 1 fully saturated rings. The molecule has 0 spiro atoms. The molecule has 1 heterocycles. The third-order valence-corrected chi connectivity index (χ3v) is 13.1. The highest BCUT2D eigenvalue weighted by atomic mass is 31.2. The molecule has 1 radical (unpaired) electrons. The molecule has 1 rings (SSSR count). The lowest BCUT2D eigenvalue weighted by molar-refractivity contribution is -0.870. The molecular formula is C47H92N2O9P. The summed E-state index contributed by atoms with van der Waals surface area (Å²) in [5.41, 5.74) is -0.675. The Morgan fingerprint density at radius 1 is 0.627 bits per heavy atom. The minimum atomic E-state index is -4.66. The second-order valence-electron chi connectivity index (χ2n) is 19.3. The van der Waals surface area contributed by atoms with Gasteiger partial charge >= 0.3 is 11.9 Å². The zero-order valence-electron chi connectivity index (χ0n) is 39.3. The lowest BCUT2D eigenvalue weighted by Gasteiger charge is -2.38. The fraction of sp³-hybridized carbons (Fsp3) is 0.957. The average molecular weight is 860 g/mol. The second kappa shape index (κ2) is 32.6. The highest BCUT2D eigenvalue weighted by Gasteiger charge is 2.50. The lowest BCUT2D eigenvalue weighted by atomic mass is 9.84. The van der Waals surface area contributed by atoms with Gasteiger partial charge in [-0.05, 0) is 52.4 Å². The van der Waals surface area contributed by atoms with Crippen molar-refractivity contribution in [2.75, 3.05) is 47.5 Å². The van der Waals surface area contributed by atoms with E-state index in [1.807, 2.05) is 21.1 Å². The van der Waals surface area contributed by atoms with Crippen LogP contribution in [0.25, 0.3) is 0 Å². The second-order valence-corrected chi connectivity index (χ2v) is 20.8. The van der Waals surface area contributed by atoms with Gasteiger partial charge in [0.25, 0.3) is 7.82 Å². The predicted molar refractivity (Wildman–Crippen MR) is 237 cm³/mol. The van der Waals surface area contributed by atoms with Crippen molar-refractivity contribution in [1.82, 2.24) is 5.06 Å². The molecule has 3 atom stereocenters. The van der Waals surface area contributed by atoms with E-state index in [0.29, 0.717) is 23.9 Å². The summed E-state index contributed by atoms with van der Waals surface area (Å²) in [6, 6.07) is 0. The molecule has 0 aromatic carbocycles. The Bertz CT molecular complexity index is 1120. The van der Waals surface area contributed by atoms with E-state index in [9.17, 15) is 24.3 Å². The van der Waals surface area contributed by atoms with E-state index >= 15 is 0 Å². The first kappa shape index (κ1) is 55.9. The SMILES string of the molecule is CCCCCCCCCCCCCCCCCC(=O)OC(COC(=O)CCCCCC1(CCCCCCCCC)CCC(C)(C)N1[O])COP(=O)([O-])OCC[N+](C)(C)C. The Labute approximate surface area is 362 Å². The maximum atomic E-state index is 13.5. The van der Waals surface area contributed by atoms with Crippen molar-refractivity contribution in [2.45, 2.75) is 244 Å². The van der Waals surface area contributed by atoms with Crippen molar-refractivity contribution in [3.05, 3.63) is 0 Å². The molecule has 0 bridgehead atoms. The van der Waals surface area contributed by atoms with Crippen LogP contribution >= 0.6 is 7.82 Å². The number of ether oxygens (including phenoxy) is 2. The molecule has 1 aliphatic heterocycles. The predicted octanol–water partition coefficient (Wildman–Crippen LogP) is 12.0. The fourth-order valence-electron chi connectivity index (χ4n) is 8.17. The summed E-state index contributed by atoms with van der Waals surface area (Å²) in [5.74, 6) is -0.910. The number of nitrogens with zero attached hydrogens (tertiary/aromatic N) is 2.